The molecule has 2 N–H and O–H groups in total. The number of carbonyl (C=O) groups excluding carboxylic acids is 2. The monoisotopic (exact) mass is 383 g/mol. The molecule has 140 valence electrons. The third-order valence-corrected chi connectivity index (χ3v) is 5.46. The topological polar surface area (TPSA) is 61.4 Å². The van der Waals surface area contributed by atoms with E-state index >= 15 is 0 Å². The van der Waals surface area contributed by atoms with Crippen molar-refractivity contribution in [3.8, 4) is 0 Å². The molecule has 2 fully saturated rings. The summed E-state index contributed by atoms with van der Waals surface area (Å²) in [7, 11) is 0. The zero-order valence-electron chi connectivity index (χ0n) is 15.0. The van der Waals surface area contributed by atoms with Gasteiger partial charge in [-0.05, 0) is 48.7 Å². The summed E-state index contributed by atoms with van der Waals surface area (Å²) in [5.74, 6) is 0.194. The van der Waals surface area contributed by atoms with Gasteiger partial charge >= 0.3 is 0 Å². The molecule has 27 heavy (non-hydrogen) atoms. The van der Waals surface area contributed by atoms with Gasteiger partial charge in [-0.2, -0.15) is 0 Å². The van der Waals surface area contributed by atoms with Gasteiger partial charge in [-0.15, -0.1) is 0 Å². The molecular weight excluding hydrogens is 362 g/mol. The molecule has 6 heteroatoms. The van der Waals surface area contributed by atoms with Gasteiger partial charge in [0.15, 0.2) is 0 Å². The van der Waals surface area contributed by atoms with E-state index in [0.29, 0.717) is 23.7 Å². The molecule has 0 bridgehead atoms. The van der Waals surface area contributed by atoms with Crippen molar-refractivity contribution in [1.29, 1.82) is 0 Å². The number of hydrogen-bond acceptors (Lipinski definition) is 3. The van der Waals surface area contributed by atoms with Crippen LogP contribution in [0, 0.1) is 5.92 Å². The summed E-state index contributed by atoms with van der Waals surface area (Å²) in [6, 6.07) is 14.7. The van der Waals surface area contributed by atoms with Gasteiger partial charge in [0, 0.05) is 41.8 Å². The van der Waals surface area contributed by atoms with Crippen molar-refractivity contribution in [2.75, 3.05) is 25.0 Å². The molecule has 1 aliphatic carbocycles. The molecule has 1 saturated carbocycles. The van der Waals surface area contributed by atoms with Gasteiger partial charge in [-0.25, -0.2) is 0 Å². The summed E-state index contributed by atoms with van der Waals surface area (Å²) in [6.07, 6.45) is 1.93. The van der Waals surface area contributed by atoms with Crippen LogP contribution in [-0.2, 0) is 4.79 Å². The lowest BCUT2D eigenvalue weighted by molar-refractivity contribution is -0.117. The number of piperazine rings is 1. The minimum absolute atomic E-state index is 0.0264. The highest BCUT2D eigenvalue weighted by Gasteiger charge is 2.31. The minimum Gasteiger partial charge on any atom is -0.329 e. The van der Waals surface area contributed by atoms with Crippen LogP contribution in [0.15, 0.2) is 48.5 Å². The van der Waals surface area contributed by atoms with Gasteiger partial charge in [0.2, 0.25) is 5.91 Å². The number of anilines is 1. The molecule has 2 aliphatic rings. The Hall–Kier alpha value is -2.37. The van der Waals surface area contributed by atoms with Crippen LogP contribution in [0.25, 0.3) is 0 Å². The van der Waals surface area contributed by atoms with Crippen LogP contribution in [0.1, 0.15) is 34.8 Å². The number of carbonyl (C=O) groups is 2. The number of benzene rings is 2. The summed E-state index contributed by atoms with van der Waals surface area (Å²) in [5.41, 5.74) is 2.29. The summed E-state index contributed by atoms with van der Waals surface area (Å²) >= 11 is 6.37. The summed E-state index contributed by atoms with van der Waals surface area (Å²) in [6.45, 7) is 2.04. The van der Waals surface area contributed by atoms with E-state index in [2.05, 4.69) is 10.6 Å². The Balaban J connectivity index is 1.51. The van der Waals surface area contributed by atoms with Gasteiger partial charge < -0.3 is 15.5 Å². The Morgan fingerprint density at radius 1 is 1.07 bits per heavy atom. The second kappa shape index (κ2) is 7.71. The highest BCUT2D eigenvalue weighted by molar-refractivity contribution is 6.31. The maximum Gasteiger partial charge on any atom is 0.254 e. The quantitative estimate of drug-likeness (QED) is 0.849. The van der Waals surface area contributed by atoms with Crippen LogP contribution in [0.4, 0.5) is 5.69 Å². The molecule has 1 saturated heterocycles. The van der Waals surface area contributed by atoms with E-state index in [1.165, 1.54) is 0 Å². The van der Waals surface area contributed by atoms with Gasteiger partial charge in [0.1, 0.15) is 0 Å². The first-order valence-electron chi connectivity index (χ1n) is 9.30. The first kappa shape index (κ1) is 18.0. The molecule has 4 rings (SSSR count). The number of rotatable bonds is 4. The first-order chi connectivity index (χ1) is 13.1. The number of nitrogens with zero attached hydrogens (tertiary/aromatic N) is 1. The zero-order valence-corrected chi connectivity index (χ0v) is 15.7. The molecular formula is C21H22ClN3O2. The minimum atomic E-state index is -0.103. The number of hydrogen-bond donors (Lipinski definition) is 2. The third-order valence-electron chi connectivity index (χ3n) is 5.12. The normalized spacial score (nSPS) is 19.6. The van der Waals surface area contributed by atoms with Gasteiger partial charge in [0.05, 0.1) is 6.04 Å². The summed E-state index contributed by atoms with van der Waals surface area (Å²) in [5, 5.41) is 6.91. The van der Waals surface area contributed by atoms with E-state index in [4.69, 9.17) is 11.6 Å². The Labute approximate surface area is 163 Å². The maximum absolute atomic E-state index is 13.1. The fourth-order valence-corrected chi connectivity index (χ4v) is 3.68. The molecule has 2 aromatic carbocycles. The van der Waals surface area contributed by atoms with Gasteiger partial charge in [-0.1, -0.05) is 29.8 Å². The van der Waals surface area contributed by atoms with Crippen LogP contribution in [0.5, 0.6) is 0 Å². The second-order valence-electron chi connectivity index (χ2n) is 7.08. The smallest absolute Gasteiger partial charge is 0.254 e. The van der Waals surface area contributed by atoms with Gasteiger partial charge in [0.25, 0.3) is 5.91 Å². The molecule has 1 atom stereocenters. The van der Waals surface area contributed by atoms with E-state index < -0.39 is 0 Å². The predicted molar refractivity (Wildman–Crippen MR) is 106 cm³/mol. The Kier molecular flexibility index (Phi) is 5.14. The average molecular weight is 384 g/mol. The van der Waals surface area contributed by atoms with E-state index in [1.54, 1.807) is 24.3 Å². The van der Waals surface area contributed by atoms with Gasteiger partial charge in [-0.3, -0.25) is 9.59 Å². The number of halogens is 1. The van der Waals surface area contributed by atoms with Crippen LogP contribution >= 0.6 is 11.6 Å². The lowest BCUT2D eigenvalue weighted by Crippen LogP contribution is -2.48. The van der Waals surface area contributed by atoms with Crippen molar-refractivity contribution in [3.05, 3.63) is 64.7 Å². The van der Waals surface area contributed by atoms with Crippen molar-refractivity contribution in [3.63, 3.8) is 0 Å². The standard InChI is InChI=1S/C21H22ClN3O2/c22-18-4-2-1-3-17(18)19-13-23-11-12-25(19)21(27)15-7-9-16(10-8-15)24-20(26)14-5-6-14/h1-4,7-10,14,19,23H,5-6,11-13H2,(H,24,26). The van der Waals surface area contributed by atoms with Crippen LogP contribution in [-0.4, -0.2) is 36.3 Å². The Bertz CT molecular complexity index is 849. The SMILES string of the molecule is O=C(Nc1ccc(C(=O)N2CCNCC2c2ccccc2Cl)cc1)C1CC1. The highest BCUT2D eigenvalue weighted by Crippen LogP contribution is 2.31. The second-order valence-corrected chi connectivity index (χ2v) is 7.49. The largest absolute Gasteiger partial charge is 0.329 e. The Morgan fingerprint density at radius 2 is 1.81 bits per heavy atom. The van der Waals surface area contributed by atoms with Crippen molar-refractivity contribution < 1.29 is 9.59 Å². The zero-order chi connectivity index (χ0) is 18.8. The summed E-state index contributed by atoms with van der Waals surface area (Å²) in [4.78, 5) is 26.9. The van der Waals surface area contributed by atoms with E-state index in [1.807, 2.05) is 29.2 Å². The summed E-state index contributed by atoms with van der Waals surface area (Å²) < 4.78 is 0. The molecule has 2 amide bonds. The lowest BCUT2D eigenvalue weighted by Gasteiger charge is -2.37. The molecule has 0 spiro atoms. The van der Waals surface area contributed by atoms with E-state index in [-0.39, 0.29) is 23.8 Å². The molecule has 0 radical (unpaired) electrons. The van der Waals surface area contributed by atoms with E-state index in [0.717, 1.165) is 30.6 Å². The fraction of sp³-hybridized carbons (Fsp3) is 0.333. The molecule has 1 heterocycles. The van der Waals surface area contributed by atoms with Crippen molar-refractivity contribution >= 4 is 29.1 Å². The Morgan fingerprint density at radius 3 is 2.52 bits per heavy atom. The first-order valence-corrected chi connectivity index (χ1v) is 9.68. The van der Waals surface area contributed by atoms with Crippen LogP contribution < -0.4 is 10.6 Å². The number of nitrogens with one attached hydrogen (secondary N) is 2. The third kappa shape index (κ3) is 3.99. The molecule has 1 unspecified atom stereocenters. The predicted octanol–water partition coefficient (Wildman–Crippen LogP) is 3.48. The average Bonchev–Trinajstić information content (AvgIpc) is 3.54. The van der Waals surface area contributed by atoms with Crippen molar-refractivity contribution in [2.24, 2.45) is 5.92 Å². The molecule has 5 nitrogen and oxygen atoms in total. The molecule has 0 aromatic heterocycles. The van der Waals surface area contributed by atoms with Crippen LogP contribution in [0.2, 0.25) is 5.02 Å². The van der Waals surface area contributed by atoms with Crippen molar-refractivity contribution in [2.45, 2.75) is 18.9 Å². The van der Waals surface area contributed by atoms with Crippen LogP contribution in [0.3, 0.4) is 0 Å². The van der Waals surface area contributed by atoms with E-state index in [9.17, 15) is 9.59 Å². The van der Waals surface area contributed by atoms with Crippen molar-refractivity contribution in [1.82, 2.24) is 10.2 Å². The highest BCUT2D eigenvalue weighted by atomic mass is 35.5. The lowest BCUT2D eigenvalue weighted by atomic mass is 10.0. The maximum atomic E-state index is 13.1. The molecule has 1 aliphatic heterocycles. The molecule has 2 aromatic rings. The number of amides is 2. The fourth-order valence-electron chi connectivity index (χ4n) is 3.42.